The number of rotatable bonds is 9. The van der Waals surface area contributed by atoms with Gasteiger partial charge in [0.1, 0.15) is 5.54 Å². The Morgan fingerprint density at radius 1 is 1.53 bits per heavy atom. The lowest BCUT2D eigenvalue weighted by atomic mass is 9.84. The van der Waals surface area contributed by atoms with Crippen molar-refractivity contribution in [3.63, 3.8) is 0 Å². The van der Waals surface area contributed by atoms with Crippen LogP contribution in [0.5, 0.6) is 0 Å². The average Bonchev–Trinajstić information content (AvgIpc) is 2.80. The lowest BCUT2D eigenvalue weighted by Crippen LogP contribution is -2.55. The van der Waals surface area contributed by atoms with E-state index in [4.69, 9.17) is 4.74 Å². The largest absolute Gasteiger partial charge is 0.480 e. The summed E-state index contributed by atoms with van der Waals surface area (Å²) in [6, 6.07) is 0. The monoisotopic (exact) mass is 271 g/mol. The Morgan fingerprint density at radius 3 is 2.84 bits per heavy atom. The fourth-order valence-electron chi connectivity index (χ4n) is 2.94. The third-order valence-electron chi connectivity index (χ3n) is 4.34. The zero-order valence-electron chi connectivity index (χ0n) is 12.6. The van der Waals surface area contributed by atoms with Crippen LogP contribution in [-0.2, 0) is 9.53 Å². The Balaban J connectivity index is 2.56. The van der Waals surface area contributed by atoms with Crippen LogP contribution in [-0.4, -0.2) is 35.9 Å². The molecule has 0 spiro atoms. The molecule has 1 saturated carbocycles. The molecule has 0 radical (unpaired) electrons. The number of hydrogen-bond donors (Lipinski definition) is 2. The van der Waals surface area contributed by atoms with Gasteiger partial charge in [-0.25, -0.2) is 0 Å². The molecule has 0 aromatic heterocycles. The highest BCUT2D eigenvalue weighted by molar-refractivity contribution is 5.79. The highest BCUT2D eigenvalue weighted by Gasteiger charge is 2.48. The Morgan fingerprint density at radius 2 is 2.26 bits per heavy atom. The number of carbonyl (C=O) groups is 1. The van der Waals surface area contributed by atoms with Crippen LogP contribution >= 0.6 is 0 Å². The number of nitrogens with one attached hydrogen (secondary N) is 1. The third-order valence-corrected chi connectivity index (χ3v) is 4.34. The third kappa shape index (κ3) is 4.18. The minimum absolute atomic E-state index is 0.195. The van der Waals surface area contributed by atoms with Crippen molar-refractivity contribution in [2.45, 2.75) is 70.9 Å². The zero-order chi connectivity index (χ0) is 14.3. The van der Waals surface area contributed by atoms with Crippen molar-refractivity contribution >= 4 is 5.97 Å². The van der Waals surface area contributed by atoms with Crippen molar-refractivity contribution in [2.24, 2.45) is 5.92 Å². The Kier molecular flexibility index (Phi) is 6.80. The van der Waals surface area contributed by atoms with Gasteiger partial charge in [0.2, 0.25) is 0 Å². The Labute approximate surface area is 116 Å². The van der Waals surface area contributed by atoms with Gasteiger partial charge in [-0.1, -0.05) is 20.3 Å². The summed E-state index contributed by atoms with van der Waals surface area (Å²) < 4.78 is 5.71. The molecule has 0 aromatic carbocycles. The highest BCUT2D eigenvalue weighted by Crippen LogP contribution is 2.38. The Bertz CT molecular complexity index is 283. The van der Waals surface area contributed by atoms with Crippen LogP contribution < -0.4 is 5.32 Å². The minimum Gasteiger partial charge on any atom is -0.480 e. The molecule has 1 aliphatic rings. The molecular formula is C15H29NO3. The first-order chi connectivity index (χ1) is 9.06. The molecule has 3 unspecified atom stereocenters. The van der Waals surface area contributed by atoms with Gasteiger partial charge >= 0.3 is 5.97 Å². The summed E-state index contributed by atoms with van der Waals surface area (Å²) in [5.41, 5.74) is -0.713. The van der Waals surface area contributed by atoms with Gasteiger partial charge in [0.15, 0.2) is 0 Å². The van der Waals surface area contributed by atoms with E-state index in [0.29, 0.717) is 6.61 Å². The lowest BCUT2D eigenvalue weighted by molar-refractivity contribution is -0.147. The van der Waals surface area contributed by atoms with E-state index in [1.165, 1.54) is 0 Å². The molecule has 3 atom stereocenters. The normalized spacial score (nSPS) is 28.5. The molecule has 1 fully saturated rings. The van der Waals surface area contributed by atoms with E-state index < -0.39 is 11.5 Å². The van der Waals surface area contributed by atoms with Gasteiger partial charge in [0.05, 0.1) is 6.10 Å². The fraction of sp³-hybridized carbons (Fsp3) is 0.933. The quantitative estimate of drug-likeness (QED) is 0.677. The number of carboxylic acids is 1. The van der Waals surface area contributed by atoms with Crippen molar-refractivity contribution in [1.29, 1.82) is 0 Å². The number of hydrogen-bond acceptors (Lipinski definition) is 3. The van der Waals surface area contributed by atoms with E-state index in [1.54, 1.807) is 0 Å². The van der Waals surface area contributed by atoms with Crippen LogP contribution in [0.2, 0.25) is 0 Å². The summed E-state index contributed by atoms with van der Waals surface area (Å²) in [5, 5.41) is 12.9. The van der Waals surface area contributed by atoms with E-state index in [2.05, 4.69) is 26.1 Å². The van der Waals surface area contributed by atoms with Crippen LogP contribution in [0.4, 0.5) is 0 Å². The molecular weight excluding hydrogens is 242 g/mol. The first kappa shape index (κ1) is 16.4. The van der Waals surface area contributed by atoms with Gasteiger partial charge in [-0.05, 0) is 51.5 Å². The van der Waals surface area contributed by atoms with E-state index >= 15 is 0 Å². The van der Waals surface area contributed by atoms with Gasteiger partial charge < -0.3 is 15.2 Å². The van der Waals surface area contributed by atoms with Crippen molar-refractivity contribution in [2.75, 3.05) is 13.2 Å². The Hall–Kier alpha value is -0.610. The summed E-state index contributed by atoms with van der Waals surface area (Å²) >= 11 is 0. The molecule has 4 heteroatoms. The molecule has 2 N–H and O–H groups in total. The van der Waals surface area contributed by atoms with E-state index in [1.807, 2.05) is 0 Å². The van der Waals surface area contributed by atoms with Crippen LogP contribution in [0.3, 0.4) is 0 Å². The average molecular weight is 271 g/mol. The van der Waals surface area contributed by atoms with E-state index in [9.17, 15) is 9.90 Å². The molecule has 1 rings (SSSR count). The zero-order valence-corrected chi connectivity index (χ0v) is 12.6. The summed E-state index contributed by atoms with van der Waals surface area (Å²) in [6.07, 6.45) is 5.81. The predicted octanol–water partition coefficient (Wildman–Crippen LogP) is 2.81. The van der Waals surface area contributed by atoms with Crippen molar-refractivity contribution in [3.8, 4) is 0 Å². The smallest absolute Gasteiger partial charge is 0.324 e. The SMILES string of the molecule is CCCNC1(C(=O)O)CCCC1CCOC(C)CC. The molecule has 0 heterocycles. The molecule has 0 bridgehead atoms. The number of aliphatic carboxylic acids is 1. The second kappa shape index (κ2) is 7.85. The molecule has 112 valence electrons. The maximum Gasteiger partial charge on any atom is 0.324 e. The molecule has 1 aliphatic carbocycles. The van der Waals surface area contributed by atoms with E-state index in [-0.39, 0.29) is 12.0 Å². The molecule has 0 aliphatic heterocycles. The van der Waals surface area contributed by atoms with Crippen molar-refractivity contribution < 1.29 is 14.6 Å². The number of carboxylic acid groups (broad SMARTS) is 1. The second-order valence-electron chi connectivity index (χ2n) is 5.67. The fourth-order valence-corrected chi connectivity index (χ4v) is 2.94. The van der Waals surface area contributed by atoms with Crippen molar-refractivity contribution in [1.82, 2.24) is 5.32 Å². The summed E-state index contributed by atoms with van der Waals surface area (Å²) in [6.45, 7) is 7.68. The van der Waals surface area contributed by atoms with Crippen LogP contribution in [0, 0.1) is 5.92 Å². The molecule has 0 aromatic rings. The summed E-state index contributed by atoms with van der Waals surface area (Å²) in [4.78, 5) is 11.7. The minimum atomic E-state index is -0.713. The molecule has 19 heavy (non-hydrogen) atoms. The molecule has 0 amide bonds. The second-order valence-corrected chi connectivity index (χ2v) is 5.67. The first-order valence-electron chi connectivity index (χ1n) is 7.66. The lowest BCUT2D eigenvalue weighted by Gasteiger charge is -2.32. The highest BCUT2D eigenvalue weighted by atomic mass is 16.5. The van der Waals surface area contributed by atoms with Gasteiger partial charge in [0, 0.05) is 6.61 Å². The first-order valence-corrected chi connectivity index (χ1v) is 7.66. The molecule has 0 saturated heterocycles. The van der Waals surface area contributed by atoms with Crippen LogP contribution in [0.15, 0.2) is 0 Å². The topological polar surface area (TPSA) is 58.6 Å². The standard InChI is InChI=1S/C15H29NO3/c1-4-10-16-15(14(17)18)9-6-7-13(15)8-11-19-12(3)5-2/h12-13,16H,4-11H2,1-3H3,(H,17,18). The van der Waals surface area contributed by atoms with E-state index in [0.717, 1.165) is 45.1 Å². The van der Waals surface area contributed by atoms with Gasteiger partial charge in [-0.2, -0.15) is 0 Å². The van der Waals surface area contributed by atoms with Crippen molar-refractivity contribution in [3.05, 3.63) is 0 Å². The molecule has 4 nitrogen and oxygen atoms in total. The maximum atomic E-state index is 11.7. The van der Waals surface area contributed by atoms with Crippen LogP contribution in [0.1, 0.15) is 59.3 Å². The maximum absolute atomic E-state index is 11.7. The summed E-state index contributed by atoms with van der Waals surface area (Å²) in [7, 11) is 0. The van der Waals surface area contributed by atoms with Gasteiger partial charge in [-0.15, -0.1) is 0 Å². The predicted molar refractivity (Wildman–Crippen MR) is 76.3 cm³/mol. The van der Waals surface area contributed by atoms with Crippen LogP contribution in [0.25, 0.3) is 0 Å². The summed E-state index contributed by atoms with van der Waals surface area (Å²) in [5.74, 6) is -0.493. The number of ether oxygens (including phenoxy) is 1. The van der Waals surface area contributed by atoms with Gasteiger partial charge in [-0.3, -0.25) is 4.79 Å². The van der Waals surface area contributed by atoms with Gasteiger partial charge in [0.25, 0.3) is 0 Å².